The van der Waals surface area contributed by atoms with Crippen LogP contribution >= 0.6 is 24.2 Å². The summed E-state index contributed by atoms with van der Waals surface area (Å²) in [6.45, 7) is 0. The highest BCUT2D eigenvalue weighted by Gasteiger charge is 2.15. The van der Waals surface area contributed by atoms with E-state index in [0.717, 1.165) is 9.90 Å². The molecule has 0 unspecified atom stereocenters. The van der Waals surface area contributed by atoms with Gasteiger partial charge in [0.1, 0.15) is 4.88 Å². The van der Waals surface area contributed by atoms with E-state index < -0.39 is 0 Å². The van der Waals surface area contributed by atoms with Crippen LogP contribution in [0.5, 0.6) is 0 Å². The summed E-state index contributed by atoms with van der Waals surface area (Å²) >= 11 is 5.85. The van der Waals surface area contributed by atoms with Crippen molar-refractivity contribution < 1.29 is 4.68 Å². The molecular formula is C9H9N2S2+. The van der Waals surface area contributed by atoms with Crippen LogP contribution in [0.2, 0.25) is 0 Å². The second-order valence-electron chi connectivity index (χ2n) is 2.72. The van der Waals surface area contributed by atoms with Gasteiger partial charge in [-0.25, -0.2) is 0 Å². The van der Waals surface area contributed by atoms with Crippen LogP contribution in [0.15, 0.2) is 35.4 Å². The minimum atomic E-state index is 0.913. The van der Waals surface area contributed by atoms with Gasteiger partial charge >= 0.3 is 0 Å². The number of thiol groups is 1. The zero-order chi connectivity index (χ0) is 9.26. The molecule has 0 amide bonds. The maximum Gasteiger partial charge on any atom is 0.283 e. The van der Waals surface area contributed by atoms with Gasteiger partial charge in [-0.1, -0.05) is 47.6 Å². The van der Waals surface area contributed by atoms with Crippen LogP contribution in [0, 0.1) is 0 Å². The Bertz CT molecular complexity index is 409. The first-order valence-electron chi connectivity index (χ1n) is 3.89. The molecule has 1 heterocycles. The third-order valence-corrected chi connectivity index (χ3v) is 3.40. The minimum absolute atomic E-state index is 0.913. The quantitative estimate of drug-likeness (QED) is 0.561. The lowest BCUT2D eigenvalue weighted by atomic mass is 10.2. The Labute approximate surface area is 86.4 Å². The van der Waals surface area contributed by atoms with Crippen LogP contribution in [-0.4, -0.2) is 4.49 Å². The molecule has 0 aliphatic carbocycles. The molecule has 0 saturated heterocycles. The summed E-state index contributed by atoms with van der Waals surface area (Å²) in [6, 6.07) is 10.2. The topological polar surface area (TPSA) is 16.8 Å². The highest BCUT2D eigenvalue weighted by atomic mass is 32.1. The number of aryl methyl sites for hydroxylation is 1. The van der Waals surface area contributed by atoms with E-state index in [4.69, 9.17) is 0 Å². The third kappa shape index (κ3) is 1.59. The number of benzene rings is 1. The van der Waals surface area contributed by atoms with Crippen LogP contribution in [-0.2, 0) is 7.05 Å². The van der Waals surface area contributed by atoms with E-state index in [-0.39, 0.29) is 0 Å². The van der Waals surface area contributed by atoms with Gasteiger partial charge in [0.25, 0.3) is 5.03 Å². The average molecular weight is 209 g/mol. The molecule has 1 aromatic heterocycles. The number of hydrogen-bond donors (Lipinski definition) is 1. The first-order chi connectivity index (χ1) is 6.29. The second kappa shape index (κ2) is 3.47. The third-order valence-electron chi connectivity index (χ3n) is 1.80. The van der Waals surface area contributed by atoms with Crippen LogP contribution in [0.3, 0.4) is 0 Å². The summed E-state index contributed by atoms with van der Waals surface area (Å²) in [5.41, 5.74) is 1.17. The Morgan fingerprint density at radius 3 is 2.54 bits per heavy atom. The fraction of sp³-hybridized carbons (Fsp3) is 0.111. The molecule has 0 N–H and O–H groups in total. The fourth-order valence-electron chi connectivity index (χ4n) is 1.10. The van der Waals surface area contributed by atoms with Crippen molar-refractivity contribution in [1.82, 2.24) is 4.49 Å². The van der Waals surface area contributed by atoms with Crippen molar-refractivity contribution >= 4 is 24.2 Å². The zero-order valence-electron chi connectivity index (χ0n) is 7.14. The summed E-state index contributed by atoms with van der Waals surface area (Å²) in [7, 11) is 1.89. The molecule has 13 heavy (non-hydrogen) atoms. The van der Waals surface area contributed by atoms with Crippen molar-refractivity contribution in [1.29, 1.82) is 0 Å². The Balaban J connectivity index is 2.53. The summed E-state index contributed by atoms with van der Waals surface area (Å²) in [5, 5.41) is 0.913. The van der Waals surface area contributed by atoms with E-state index in [2.05, 4.69) is 29.2 Å². The molecule has 0 bridgehead atoms. The maximum atomic E-state index is 4.38. The van der Waals surface area contributed by atoms with Gasteiger partial charge in [0.2, 0.25) is 0 Å². The highest BCUT2D eigenvalue weighted by molar-refractivity contribution is 7.80. The molecule has 2 aromatic rings. The standard InChI is InChI=1S/C9H8N2S2/c1-11-9(12)8(13-10-11)7-5-3-2-4-6-7/h2-6H,1H3/p+1. The van der Waals surface area contributed by atoms with Gasteiger partial charge in [0.15, 0.2) is 7.05 Å². The number of aromatic nitrogens is 2. The van der Waals surface area contributed by atoms with Gasteiger partial charge in [-0.3, -0.25) is 0 Å². The Kier molecular flexibility index (Phi) is 2.33. The second-order valence-corrected chi connectivity index (χ2v) is 3.89. The van der Waals surface area contributed by atoms with Crippen molar-refractivity contribution in [2.24, 2.45) is 7.05 Å². The van der Waals surface area contributed by atoms with Crippen molar-refractivity contribution in [3.8, 4) is 10.4 Å². The van der Waals surface area contributed by atoms with Crippen LogP contribution in [0.4, 0.5) is 0 Å². The summed E-state index contributed by atoms with van der Waals surface area (Å²) < 4.78 is 5.95. The molecule has 0 radical (unpaired) electrons. The van der Waals surface area contributed by atoms with Gasteiger partial charge < -0.3 is 0 Å². The van der Waals surface area contributed by atoms with Crippen molar-refractivity contribution in [2.45, 2.75) is 5.03 Å². The molecule has 0 fully saturated rings. The summed E-state index contributed by atoms with van der Waals surface area (Å²) in [4.78, 5) is 1.12. The predicted molar refractivity (Wildman–Crippen MR) is 56.0 cm³/mol. The lowest BCUT2D eigenvalue weighted by Crippen LogP contribution is -2.30. The van der Waals surface area contributed by atoms with Crippen molar-refractivity contribution in [3.63, 3.8) is 0 Å². The Morgan fingerprint density at radius 2 is 2.00 bits per heavy atom. The van der Waals surface area contributed by atoms with E-state index in [0.29, 0.717) is 0 Å². The molecule has 0 atom stereocenters. The molecule has 2 rings (SSSR count). The smallest absolute Gasteiger partial charge is 0.0703 e. The van der Waals surface area contributed by atoms with Gasteiger partial charge in [-0.15, -0.1) is 0 Å². The average Bonchev–Trinajstić information content (AvgIpc) is 2.49. The van der Waals surface area contributed by atoms with E-state index in [1.807, 2.05) is 25.2 Å². The van der Waals surface area contributed by atoms with Crippen LogP contribution in [0.25, 0.3) is 10.4 Å². The summed E-state index contributed by atoms with van der Waals surface area (Å²) in [6.07, 6.45) is 0. The fourth-order valence-corrected chi connectivity index (χ4v) is 2.20. The van der Waals surface area contributed by atoms with Gasteiger partial charge in [0, 0.05) is 17.1 Å². The summed E-state index contributed by atoms with van der Waals surface area (Å²) in [5.74, 6) is 0. The zero-order valence-corrected chi connectivity index (χ0v) is 8.85. The van der Waals surface area contributed by atoms with Gasteiger partial charge in [-0.2, -0.15) is 0 Å². The molecule has 66 valence electrons. The van der Waals surface area contributed by atoms with E-state index in [9.17, 15) is 0 Å². The monoisotopic (exact) mass is 209 g/mol. The molecule has 0 spiro atoms. The molecule has 0 aliphatic heterocycles. The number of nitrogens with zero attached hydrogens (tertiary/aromatic N) is 2. The van der Waals surface area contributed by atoms with E-state index in [1.165, 1.54) is 17.1 Å². The molecule has 1 aromatic carbocycles. The lowest BCUT2D eigenvalue weighted by molar-refractivity contribution is -0.756. The molecule has 0 aliphatic rings. The molecule has 4 heteroatoms. The normalized spacial score (nSPS) is 10.3. The first-order valence-corrected chi connectivity index (χ1v) is 5.11. The predicted octanol–water partition coefficient (Wildman–Crippen LogP) is 1.92. The minimum Gasteiger partial charge on any atom is -0.0703 e. The van der Waals surface area contributed by atoms with Crippen LogP contribution in [0.1, 0.15) is 0 Å². The lowest BCUT2D eigenvalue weighted by Gasteiger charge is -1.92. The molecular weight excluding hydrogens is 200 g/mol. The Hall–Kier alpha value is -0.870. The van der Waals surface area contributed by atoms with Gasteiger partial charge in [-0.05, 0) is 0 Å². The largest absolute Gasteiger partial charge is 0.283 e. The van der Waals surface area contributed by atoms with E-state index >= 15 is 0 Å². The highest BCUT2D eigenvalue weighted by Crippen LogP contribution is 2.26. The Morgan fingerprint density at radius 1 is 1.31 bits per heavy atom. The number of hydrogen-bond acceptors (Lipinski definition) is 3. The van der Waals surface area contributed by atoms with Gasteiger partial charge in [0.05, 0.1) is 4.49 Å². The van der Waals surface area contributed by atoms with Crippen LogP contribution < -0.4 is 4.68 Å². The first kappa shape index (κ1) is 8.72. The SMILES string of the molecule is C[n+]1nsc(-c2ccccc2)c1S. The molecule has 2 nitrogen and oxygen atoms in total. The maximum absolute atomic E-state index is 4.38. The van der Waals surface area contributed by atoms with Crippen molar-refractivity contribution in [2.75, 3.05) is 0 Å². The number of rotatable bonds is 1. The van der Waals surface area contributed by atoms with E-state index in [1.54, 1.807) is 4.68 Å². The van der Waals surface area contributed by atoms with Crippen molar-refractivity contribution in [3.05, 3.63) is 30.3 Å². The molecule has 0 saturated carbocycles.